The molecule has 1 saturated heterocycles. The summed E-state index contributed by atoms with van der Waals surface area (Å²) in [6.07, 6.45) is 7.93. The first-order valence-electron chi connectivity index (χ1n) is 25.5. The van der Waals surface area contributed by atoms with E-state index in [0.29, 0.717) is 55.5 Å². The Morgan fingerprint density at radius 1 is 1.00 bits per heavy atom. The van der Waals surface area contributed by atoms with Gasteiger partial charge in [-0.3, -0.25) is 4.79 Å². The van der Waals surface area contributed by atoms with E-state index in [0.717, 1.165) is 44.2 Å². The number of ether oxygens (including phenoxy) is 2. The molecule has 2 spiro atoms. The van der Waals surface area contributed by atoms with Gasteiger partial charge < -0.3 is 61.0 Å². The van der Waals surface area contributed by atoms with Gasteiger partial charge in [0, 0.05) is 80.2 Å². The third-order valence-corrected chi connectivity index (χ3v) is 20.9. The van der Waals surface area contributed by atoms with Crippen molar-refractivity contribution in [3.63, 3.8) is 0 Å². The molecule has 0 unspecified atom stereocenters. The number of likely N-dealkylation sites (N-methyl/N-ethyl adjacent to an activating group) is 1. The van der Waals surface area contributed by atoms with Crippen LogP contribution < -0.4 is 10.6 Å². The van der Waals surface area contributed by atoms with Crippen molar-refractivity contribution in [2.75, 3.05) is 46.5 Å². The number of phenolic OH excluding ortho intramolecular Hbond substituents is 2. The maximum Gasteiger partial charge on any atom is 0.160 e. The van der Waals surface area contributed by atoms with Gasteiger partial charge in [-0.15, -0.1) is 0 Å². The molecule has 17 atom stereocenters. The summed E-state index contributed by atoms with van der Waals surface area (Å²) in [6.45, 7) is 12.1. The van der Waals surface area contributed by atoms with Gasteiger partial charge in [0.25, 0.3) is 0 Å². The van der Waals surface area contributed by atoms with Gasteiger partial charge in [0.2, 0.25) is 0 Å². The van der Waals surface area contributed by atoms with E-state index in [2.05, 4.69) is 51.3 Å². The number of aliphatic hydroxyl groups excluding tert-OH is 3. The Morgan fingerprint density at radius 2 is 1.74 bits per heavy atom. The van der Waals surface area contributed by atoms with Crippen molar-refractivity contribution in [1.82, 2.24) is 10.6 Å². The zero-order chi connectivity index (χ0) is 47.2. The normalized spacial score (nSPS) is 47.6. The first-order valence-corrected chi connectivity index (χ1v) is 25.5. The van der Waals surface area contributed by atoms with E-state index in [9.17, 15) is 40.9 Å². The first kappa shape index (κ1) is 47.3. The second-order valence-corrected chi connectivity index (χ2v) is 23.9. The molecule has 0 radical (unpaired) electrons. The van der Waals surface area contributed by atoms with E-state index < -0.39 is 74.7 Å². The number of allylic oxidation sites excluding steroid dienone is 2. The van der Waals surface area contributed by atoms with Crippen molar-refractivity contribution in [3.8, 4) is 11.5 Å². The molecular weight excluding hydrogens is 841 g/mol. The lowest BCUT2D eigenvalue weighted by Gasteiger charge is -2.69. The summed E-state index contributed by atoms with van der Waals surface area (Å²) in [5.74, 6) is -4.01. The van der Waals surface area contributed by atoms with Crippen LogP contribution in [0.3, 0.4) is 0 Å². The van der Waals surface area contributed by atoms with Crippen LogP contribution in [0.15, 0.2) is 35.4 Å². The number of fused-ring (bicyclic) bond motifs is 14. The summed E-state index contributed by atoms with van der Waals surface area (Å²) < 4.78 is 14.4. The molecule has 366 valence electrons. The molecule has 66 heavy (non-hydrogen) atoms. The summed E-state index contributed by atoms with van der Waals surface area (Å²) in [4.78, 5) is 15.6. The lowest BCUT2D eigenvalue weighted by molar-refractivity contribution is -0.255. The van der Waals surface area contributed by atoms with E-state index in [4.69, 9.17) is 9.47 Å². The zero-order valence-corrected chi connectivity index (χ0v) is 40.1. The van der Waals surface area contributed by atoms with E-state index in [1.165, 1.54) is 6.07 Å². The van der Waals surface area contributed by atoms with Crippen LogP contribution >= 0.6 is 0 Å². The molecule has 10 N–H and O–H groups in total. The molecule has 13 heteroatoms. The summed E-state index contributed by atoms with van der Waals surface area (Å²) in [7, 11) is 1.81. The number of ketones is 1. The van der Waals surface area contributed by atoms with Gasteiger partial charge >= 0.3 is 0 Å². The fourth-order valence-corrected chi connectivity index (χ4v) is 18.3. The Balaban J connectivity index is 1.13. The summed E-state index contributed by atoms with van der Waals surface area (Å²) in [6, 6.07) is 2.91. The van der Waals surface area contributed by atoms with E-state index >= 15 is 4.79 Å². The lowest BCUT2D eigenvalue weighted by atomic mass is 9.36. The molecule has 11 rings (SSSR count). The SMILES string of the molecule is CCNCC1=C[C@@]2(C)CC[C@@H]1[C@]1(O[C@H]3C[C@@]4(O)C5=CC(=O)[C@@H]6[C@@H]7c8cc(O)cc(O)c8CC[C@]7(O)[C@@H](OC[C@H](CO)CNC)C[C@]6(C)[C@H]5C5(CCCC5)C[C@]4(C)[C@H]3[C@]1(O)CCO)[C@@H](O)[C@H]2C. The number of aromatic hydroxyl groups is 2. The van der Waals surface area contributed by atoms with Crippen LogP contribution in [0.1, 0.15) is 122 Å². The Morgan fingerprint density at radius 3 is 2.42 bits per heavy atom. The highest BCUT2D eigenvalue weighted by Gasteiger charge is 2.84. The van der Waals surface area contributed by atoms with Crippen LogP contribution in [0.2, 0.25) is 0 Å². The third kappa shape index (κ3) is 5.97. The molecule has 6 fully saturated rings. The largest absolute Gasteiger partial charge is 0.508 e. The second-order valence-electron chi connectivity index (χ2n) is 23.9. The number of nitrogens with one attached hydrogen (secondary N) is 2. The Labute approximate surface area is 390 Å². The molecule has 1 aromatic carbocycles. The van der Waals surface area contributed by atoms with Crippen LogP contribution in [0.5, 0.6) is 11.5 Å². The quantitative estimate of drug-likeness (QED) is 0.141. The van der Waals surface area contributed by atoms with Gasteiger partial charge in [-0.25, -0.2) is 0 Å². The molecule has 1 heterocycles. The zero-order valence-electron chi connectivity index (χ0n) is 40.1. The minimum absolute atomic E-state index is 0.0414. The highest BCUT2D eigenvalue weighted by Crippen LogP contribution is 2.80. The van der Waals surface area contributed by atoms with Gasteiger partial charge in [0.15, 0.2) is 5.78 Å². The first-order chi connectivity index (χ1) is 31.2. The van der Waals surface area contributed by atoms with Crippen LogP contribution in [0.4, 0.5) is 0 Å². The second kappa shape index (κ2) is 15.8. The van der Waals surface area contributed by atoms with Crippen LogP contribution in [-0.2, 0) is 20.7 Å². The molecular formula is C53H78N2O11. The van der Waals surface area contributed by atoms with Crippen molar-refractivity contribution in [2.45, 2.75) is 158 Å². The van der Waals surface area contributed by atoms with E-state index in [1.54, 1.807) is 12.1 Å². The Hall–Kier alpha value is -2.43. The third-order valence-electron chi connectivity index (χ3n) is 20.9. The monoisotopic (exact) mass is 919 g/mol. The van der Waals surface area contributed by atoms with Crippen molar-refractivity contribution < 1.29 is 55.1 Å². The molecule has 0 aromatic heterocycles. The smallest absolute Gasteiger partial charge is 0.160 e. The maximum atomic E-state index is 15.6. The fourth-order valence-electron chi connectivity index (χ4n) is 18.3. The van der Waals surface area contributed by atoms with Crippen molar-refractivity contribution in [3.05, 3.63) is 46.6 Å². The van der Waals surface area contributed by atoms with Gasteiger partial charge in [0.05, 0.1) is 36.1 Å². The van der Waals surface area contributed by atoms with E-state index in [1.807, 2.05) is 7.05 Å². The van der Waals surface area contributed by atoms with Crippen LogP contribution in [0.25, 0.3) is 0 Å². The summed E-state index contributed by atoms with van der Waals surface area (Å²) in [5, 5.41) is 105. The number of benzene rings is 1. The fraction of sp³-hybridized carbons (Fsp3) is 0.792. The van der Waals surface area contributed by atoms with Gasteiger partial charge in [-0.05, 0) is 122 Å². The number of carbonyl (C=O) groups is 1. The van der Waals surface area contributed by atoms with Crippen LogP contribution in [0, 0.1) is 57.2 Å². The van der Waals surface area contributed by atoms with Gasteiger partial charge in [0.1, 0.15) is 22.7 Å². The molecule has 2 bridgehead atoms. The van der Waals surface area contributed by atoms with Crippen molar-refractivity contribution in [2.24, 2.45) is 57.2 Å². The topological polar surface area (TPSA) is 221 Å². The number of carbonyl (C=O) groups excluding carboxylic acids is 1. The highest BCUT2D eigenvalue weighted by molar-refractivity contribution is 5.96. The number of phenols is 2. The molecule has 10 aliphatic rings. The van der Waals surface area contributed by atoms with Crippen LogP contribution in [-0.4, -0.2) is 134 Å². The average Bonchev–Trinajstić information content (AvgIpc) is 3.86. The average molecular weight is 919 g/mol. The van der Waals surface area contributed by atoms with Crippen molar-refractivity contribution in [1.29, 1.82) is 0 Å². The minimum Gasteiger partial charge on any atom is -0.508 e. The Kier molecular flexibility index (Phi) is 11.3. The molecule has 9 aliphatic carbocycles. The van der Waals surface area contributed by atoms with Crippen molar-refractivity contribution >= 4 is 5.78 Å². The van der Waals surface area contributed by atoms with E-state index in [-0.39, 0.29) is 85.5 Å². The number of rotatable bonds is 11. The molecule has 5 saturated carbocycles. The van der Waals surface area contributed by atoms with Gasteiger partial charge in [-0.1, -0.05) is 59.1 Å². The number of hydrogen-bond acceptors (Lipinski definition) is 13. The maximum absolute atomic E-state index is 15.6. The Bertz CT molecular complexity index is 2180. The molecule has 0 amide bonds. The predicted octanol–water partition coefficient (Wildman–Crippen LogP) is 4.16. The predicted molar refractivity (Wildman–Crippen MR) is 246 cm³/mol. The molecule has 13 nitrogen and oxygen atoms in total. The van der Waals surface area contributed by atoms with Gasteiger partial charge in [-0.2, -0.15) is 0 Å². The summed E-state index contributed by atoms with van der Waals surface area (Å²) in [5.41, 5.74) is -6.23. The lowest BCUT2D eigenvalue weighted by Crippen LogP contribution is -2.72. The number of hydrogen-bond donors (Lipinski definition) is 10. The molecule has 1 aliphatic heterocycles. The standard InChI is InChI=1S/C53H78N2O11/c1-7-55-25-31-21-46(3)14-11-35(31)53(45(61)29(46)2)51(63,16-17-56)44-39(66-53)22-52(64)36-20-38(60)42-41-34-18-32(58)19-37(59)33(34)10-15-50(41,62)40(65-27-30(26-57)24-54-6)23-47(42,4)43(36)49(12-8-9-13-49)28-48(44,52)5/h18-21,29-30,35,39-45,54-59,61-64H,7-17,22-28H2,1-6H3/t29-,30+,35+,39+,40+,41+,42-,43+,44+,45+,46-,47+,48-,50+,51-,52-,53+/m1/s1. The minimum atomic E-state index is -1.75. The summed E-state index contributed by atoms with van der Waals surface area (Å²) >= 11 is 0. The molecule has 1 aromatic rings. The number of aliphatic hydroxyl groups is 6. The highest BCUT2D eigenvalue weighted by atomic mass is 16.6.